The van der Waals surface area contributed by atoms with E-state index in [1.54, 1.807) is 7.11 Å². The van der Waals surface area contributed by atoms with E-state index in [0.717, 1.165) is 35.5 Å². The number of methoxy groups -OCH3 is 1. The maximum Gasteiger partial charge on any atom is 0.230 e. The van der Waals surface area contributed by atoms with Crippen LogP contribution in [0.5, 0.6) is 5.75 Å². The largest absolute Gasteiger partial charge is 0.496 e. The third-order valence-electron chi connectivity index (χ3n) is 6.40. The first-order valence-corrected chi connectivity index (χ1v) is 10.7. The number of rotatable bonds is 7. The van der Waals surface area contributed by atoms with Gasteiger partial charge < -0.3 is 10.1 Å². The number of amides is 1. The van der Waals surface area contributed by atoms with Crippen LogP contribution in [-0.4, -0.2) is 30.1 Å². The third kappa shape index (κ3) is 3.84. The lowest BCUT2D eigenvalue weighted by Crippen LogP contribution is -2.49. The van der Waals surface area contributed by atoms with E-state index in [-0.39, 0.29) is 5.91 Å². The molecule has 4 aliphatic rings. The van der Waals surface area contributed by atoms with Gasteiger partial charge in [-0.25, -0.2) is 0 Å². The van der Waals surface area contributed by atoms with Crippen LogP contribution in [0.4, 0.5) is 0 Å². The number of hydrogen-bond acceptors (Lipinski definition) is 3. The van der Waals surface area contributed by atoms with Crippen molar-refractivity contribution in [1.29, 1.82) is 0 Å². The zero-order chi connectivity index (χ0) is 17.3. The molecule has 4 heteroatoms. The molecular formula is C21H29NO2S. The molecule has 0 saturated heterocycles. The van der Waals surface area contributed by atoms with Gasteiger partial charge in [-0.1, -0.05) is 18.2 Å². The van der Waals surface area contributed by atoms with E-state index in [1.165, 1.54) is 38.5 Å². The summed E-state index contributed by atoms with van der Waals surface area (Å²) in [6, 6.07) is 8.03. The Balaban J connectivity index is 1.23. The van der Waals surface area contributed by atoms with Crippen molar-refractivity contribution in [3.8, 4) is 5.75 Å². The Morgan fingerprint density at radius 2 is 1.80 bits per heavy atom. The molecule has 1 aromatic carbocycles. The van der Waals surface area contributed by atoms with E-state index < -0.39 is 0 Å². The smallest absolute Gasteiger partial charge is 0.230 e. The number of nitrogens with one attached hydrogen (secondary N) is 1. The second kappa shape index (κ2) is 7.22. The molecular weight excluding hydrogens is 330 g/mol. The highest BCUT2D eigenvalue weighted by atomic mass is 32.2. The number of ether oxygens (including phenoxy) is 1. The number of benzene rings is 1. The van der Waals surface area contributed by atoms with Gasteiger partial charge in [0.15, 0.2) is 0 Å². The van der Waals surface area contributed by atoms with Crippen molar-refractivity contribution in [2.75, 3.05) is 19.4 Å². The standard InChI is InChI=1S/C21H29NO2S/c1-24-19-5-3-2-4-18(19)6-7-22-20(23)14-25-21-11-15-8-16(12-21)10-17(9-15)13-21/h2-5,15-17H,6-14H2,1H3,(H,22,23). The van der Waals surface area contributed by atoms with E-state index in [4.69, 9.17) is 4.74 Å². The second-order valence-corrected chi connectivity index (χ2v) is 9.74. The normalized spacial score (nSPS) is 32.6. The maximum absolute atomic E-state index is 12.3. The molecule has 0 aromatic heterocycles. The Labute approximate surface area is 155 Å². The van der Waals surface area contributed by atoms with Gasteiger partial charge in [0.25, 0.3) is 0 Å². The monoisotopic (exact) mass is 359 g/mol. The molecule has 0 radical (unpaired) electrons. The molecule has 0 atom stereocenters. The molecule has 0 aliphatic heterocycles. The summed E-state index contributed by atoms with van der Waals surface area (Å²) in [4.78, 5) is 12.3. The minimum Gasteiger partial charge on any atom is -0.496 e. The molecule has 0 unspecified atom stereocenters. The summed E-state index contributed by atoms with van der Waals surface area (Å²) >= 11 is 1.96. The van der Waals surface area contributed by atoms with Gasteiger partial charge in [0.05, 0.1) is 12.9 Å². The molecule has 3 nitrogen and oxygen atoms in total. The van der Waals surface area contributed by atoms with Gasteiger partial charge in [-0.2, -0.15) is 0 Å². The van der Waals surface area contributed by atoms with Crippen LogP contribution in [0.3, 0.4) is 0 Å². The van der Waals surface area contributed by atoms with Crippen molar-refractivity contribution in [2.45, 2.75) is 49.7 Å². The Hall–Kier alpha value is -1.16. The van der Waals surface area contributed by atoms with Crippen molar-refractivity contribution in [2.24, 2.45) is 17.8 Å². The molecule has 1 N–H and O–H groups in total. The van der Waals surface area contributed by atoms with Gasteiger partial charge in [-0.3, -0.25) is 4.79 Å². The number of carbonyl (C=O) groups is 1. The van der Waals surface area contributed by atoms with E-state index in [9.17, 15) is 4.79 Å². The van der Waals surface area contributed by atoms with Crippen LogP contribution >= 0.6 is 11.8 Å². The second-order valence-electron chi connectivity index (χ2n) is 8.30. The quantitative estimate of drug-likeness (QED) is 0.798. The summed E-state index contributed by atoms with van der Waals surface area (Å²) in [5, 5.41) is 3.10. The highest BCUT2D eigenvalue weighted by molar-refractivity contribution is 8.01. The molecule has 4 saturated carbocycles. The van der Waals surface area contributed by atoms with Crippen LogP contribution in [0, 0.1) is 17.8 Å². The van der Waals surface area contributed by atoms with Gasteiger partial charge in [0, 0.05) is 11.3 Å². The average molecular weight is 360 g/mol. The predicted octanol–water partition coefficient (Wildman–Crippen LogP) is 4.06. The number of carbonyl (C=O) groups excluding carboxylic acids is 1. The molecule has 4 fully saturated rings. The first-order chi connectivity index (χ1) is 12.2. The highest BCUT2D eigenvalue weighted by Crippen LogP contribution is 2.60. The van der Waals surface area contributed by atoms with Crippen molar-refractivity contribution in [1.82, 2.24) is 5.32 Å². The van der Waals surface area contributed by atoms with Crippen LogP contribution < -0.4 is 10.1 Å². The van der Waals surface area contributed by atoms with E-state index in [0.29, 0.717) is 17.0 Å². The zero-order valence-corrected chi connectivity index (χ0v) is 15.9. The number of hydrogen-bond donors (Lipinski definition) is 1. The Kier molecular flexibility index (Phi) is 4.99. The van der Waals surface area contributed by atoms with Crippen molar-refractivity contribution < 1.29 is 9.53 Å². The summed E-state index contributed by atoms with van der Waals surface area (Å²) in [7, 11) is 1.69. The molecule has 0 heterocycles. The van der Waals surface area contributed by atoms with Crippen molar-refractivity contribution >= 4 is 17.7 Å². The number of thioether (sulfide) groups is 1. The lowest BCUT2D eigenvalue weighted by molar-refractivity contribution is -0.118. The summed E-state index contributed by atoms with van der Waals surface area (Å²) in [5.74, 6) is 4.57. The number of para-hydroxylation sites is 1. The Bertz CT molecular complexity index is 595. The molecule has 136 valence electrons. The van der Waals surface area contributed by atoms with Gasteiger partial charge in [-0.15, -0.1) is 11.8 Å². The minimum absolute atomic E-state index is 0.190. The lowest BCUT2D eigenvalue weighted by atomic mass is 9.56. The summed E-state index contributed by atoms with van der Waals surface area (Å²) in [6.07, 6.45) is 9.28. The zero-order valence-electron chi connectivity index (χ0n) is 15.1. The molecule has 4 bridgehead atoms. The van der Waals surface area contributed by atoms with Gasteiger partial charge in [0.1, 0.15) is 5.75 Å². The molecule has 1 aromatic rings. The van der Waals surface area contributed by atoms with Crippen molar-refractivity contribution in [3.05, 3.63) is 29.8 Å². The van der Waals surface area contributed by atoms with Crippen LogP contribution in [0.15, 0.2) is 24.3 Å². The van der Waals surface area contributed by atoms with Gasteiger partial charge in [0.2, 0.25) is 5.91 Å². The molecule has 0 spiro atoms. The fourth-order valence-electron chi connectivity index (χ4n) is 5.72. The third-order valence-corrected chi connectivity index (χ3v) is 7.92. The molecule has 4 aliphatic carbocycles. The fraction of sp³-hybridized carbons (Fsp3) is 0.667. The topological polar surface area (TPSA) is 38.3 Å². The summed E-state index contributed by atoms with van der Waals surface area (Å²) in [5.41, 5.74) is 1.15. The van der Waals surface area contributed by atoms with E-state index >= 15 is 0 Å². The van der Waals surface area contributed by atoms with Crippen LogP contribution in [-0.2, 0) is 11.2 Å². The first kappa shape index (κ1) is 17.3. The van der Waals surface area contributed by atoms with E-state index in [1.807, 2.05) is 30.0 Å². The molecule has 1 amide bonds. The summed E-state index contributed by atoms with van der Waals surface area (Å²) < 4.78 is 5.80. The maximum atomic E-state index is 12.3. The first-order valence-electron chi connectivity index (χ1n) is 9.68. The summed E-state index contributed by atoms with van der Waals surface area (Å²) in [6.45, 7) is 0.681. The van der Waals surface area contributed by atoms with Crippen LogP contribution in [0.2, 0.25) is 0 Å². The molecule has 25 heavy (non-hydrogen) atoms. The Morgan fingerprint density at radius 1 is 1.16 bits per heavy atom. The van der Waals surface area contributed by atoms with Crippen molar-refractivity contribution in [3.63, 3.8) is 0 Å². The predicted molar refractivity (Wildman–Crippen MR) is 103 cm³/mol. The minimum atomic E-state index is 0.190. The van der Waals surface area contributed by atoms with Gasteiger partial charge in [-0.05, 0) is 74.3 Å². The highest BCUT2D eigenvalue weighted by Gasteiger charge is 2.51. The van der Waals surface area contributed by atoms with E-state index in [2.05, 4.69) is 11.4 Å². The Morgan fingerprint density at radius 3 is 2.44 bits per heavy atom. The lowest BCUT2D eigenvalue weighted by Gasteiger charge is -2.56. The fourth-order valence-corrected chi connectivity index (χ4v) is 7.32. The average Bonchev–Trinajstić information content (AvgIpc) is 2.59. The van der Waals surface area contributed by atoms with Gasteiger partial charge >= 0.3 is 0 Å². The molecule has 5 rings (SSSR count). The van der Waals surface area contributed by atoms with Crippen LogP contribution in [0.1, 0.15) is 44.1 Å². The SMILES string of the molecule is COc1ccccc1CCNC(=O)CSC12CC3CC(CC(C3)C1)C2. The van der Waals surface area contributed by atoms with Crippen LogP contribution in [0.25, 0.3) is 0 Å².